The number of hydrogen-bond donors (Lipinski definition) is 0. The highest BCUT2D eigenvalue weighted by Gasteiger charge is 2.99. The monoisotopic (exact) mass is 150 g/mol. The molecule has 0 aromatic carbocycles. The van der Waals surface area contributed by atoms with Crippen LogP contribution >= 0.6 is 0 Å². The van der Waals surface area contributed by atoms with Gasteiger partial charge in [0.1, 0.15) is 0 Å². The molecule has 5 aliphatic rings. The van der Waals surface area contributed by atoms with Gasteiger partial charge in [0.2, 0.25) is 0 Å². The lowest BCUT2D eigenvalue weighted by Crippen LogP contribution is -2.29. The molecule has 5 fully saturated rings. The Hall–Kier alpha value is -0.530. The molecule has 0 aliphatic heterocycles. The van der Waals surface area contributed by atoms with Crippen LogP contribution in [0.4, 0.5) is 0 Å². The number of carbonyl (C=O) groups excluding carboxylic acids is 1. The van der Waals surface area contributed by atoms with Gasteiger partial charge >= 0.3 is 5.97 Å². The Balaban J connectivity index is 1.82. The largest absolute Gasteiger partial charge is 0.469 e. The van der Waals surface area contributed by atoms with Crippen molar-refractivity contribution in [1.29, 1.82) is 0 Å². The van der Waals surface area contributed by atoms with Crippen molar-refractivity contribution < 1.29 is 9.53 Å². The van der Waals surface area contributed by atoms with E-state index in [-0.39, 0.29) is 11.4 Å². The molecule has 0 N–H and O–H groups in total. The van der Waals surface area contributed by atoms with Gasteiger partial charge in [0.15, 0.2) is 0 Å². The topological polar surface area (TPSA) is 26.3 Å². The molecule has 6 atom stereocenters. The number of hydrogen-bond acceptors (Lipinski definition) is 2. The Bertz CT molecular complexity index is 264. The SMILES string of the molecule is COC(=O)C12C3C4C1[C@H]2C[C@@H]43. The van der Waals surface area contributed by atoms with Gasteiger partial charge in [-0.25, -0.2) is 0 Å². The normalized spacial score (nSPS) is 71.5. The molecule has 0 radical (unpaired) electrons. The minimum atomic E-state index is 0.101. The fourth-order valence-electron chi connectivity index (χ4n) is 4.55. The molecular formula is C9H10O2. The molecule has 5 saturated carbocycles. The third-order valence-corrected chi connectivity index (χ3v) is 4.75. The minimum Gasteiger partial charge on any atom is -0.469 e. The third kappa shape index (κ3) is 0.256. The number of carbonyl (C=O) groups is 1. The van der Waals surface area contributed by atoms with Gasteiger partial charge in [-0.15, -0.1) is 0 Å². The van der Waals surface area contributed by atoms with Crippen LogP contribution in [0, 0.1) is 35.0 Å². The lowest BCUT2D eigenvalue weighted by Gasteiger charge is -2.21. The quantitative estimate of drug-likeness (QED) is 0.513. The van der Waals surface area contributed by atoms with Gasteiger partial charge in [0.25, 0.3) is 0 Å². The van der Waals surface area contributed by atoms with E-state index in [2.05, 4.69) is 0 Å². The van der Waals surface area contributed by atoms with Gasteiger partial charge in [0.05, 0.1) is 12.5 Å². The van der Waals surface area contributed by atoms with Crippen molar-refractivity contribution in [1.82, 2.24) is 0 Å². The fourth-order valence-corrected chi connectivity index (χ4v) is 4.55. The summed E-state index contributed by atoms with van der Waals surface area (Å²) in [6.07, 6.45) is 1.34. The fraction of sp³-hybridized carbons (Fsp3) is 0.889. The van der Waals surface area contributed by atoms with Crippen molar-refractivity contribution in [2.45, 2.75) is 6.42 Å². The predicted molar refractivity (Wildman–Crippen MR) is 36.5 cm³/mol. The summed E-state index contributed by atoms with van der Waals surface area (Å²) in [6, 6.07) is 0. The highest BCUT2D eigenvalue weighted by atomic mass is 16.5. The van der Waals surface area contributed by atoms with E-state index < -0.39 is 0 Å². The average molecular weight is 150 g/mol. The number of rotatable bonds is 1. The predicted octanol–water partition coefficient (Wildman–Crippen LogP) is 0.671. The molecule has 0 amide bonds. The first-order valence-corrected chi connectivity index (χ1v) is 4.42. The molecule has 0 aromatic rings. The van der Waals surface area contributed by atoms with Crippen LogP contribution in [0.5, 0.6) is 0 Å². The standard InChI is InChI=1S/C9H10O2/c1-11-8(10)9-4-2-3-5(6(3)9)7(4)9/h3-7H,2H2,1H3/t3-,4+,5?,6?,7?,9?/m0/s1. The summed E-state index contributed by atoms with van der Waals surface area (Å²) in [6.45, 7) is 0. The highest BCUT2D eigenvalue weighted by molar-refractivity contribution is 5.87. The van der Waals surface area contributed by atoms with Crippen molar-refractivity contribution in [3.05, 3.63) is 0 Å². The summed E-state index contributed by atoms with van der Waals surface area (Å²) < 4.78 is 4.85. The van der Waals surface area contributed by atoms with Crippen LogP contribution in [-0.2, 0) is 9.53 Å². The molecule has 5 aliphatic carbocycles. The molecule has 0 heterocycles. The molecule has 0 spiro atoms. The number of esters is 1. The summed E-state index contributed by atoms with van der Waals surface area (Å²) in [5.74, 6) is 4.35. The van der Waals surface area contributed by atoms with Crippen LogP contribution in [-0.4, -0.2) is 13.1 Å². The van der Waals surface area contributed by atoms with E-state index in [4.69, 9.17) is 4.74 Å². The molecule has 0 aromatic heterocycles. The maximum Gasteiger partial charge on any atom is 0.312 e. The molecule has 11 heavy (non-hydrogen) atoms. The van der Waals surface area contributed by atoms with Gasteiger partial charge in [-0.3, -0.25) is 4.79 Å². The summed E-state index contributed by atoms with van der Waals surface area (Å²) in [5, 5.41) is 0. The van der Waals surface area contributed by atoms with Gasteiger partial charge in [-0.1, -0.05) is 0 Å². The number of ether oxygens (including phenoxy) is 1. The zero-order chi connectivity index (χ0) is 7.38. The van der Waals surface area contributed by atoms with E-state index in [1.807, 2.05) is 0 Å². The second-order valence-electron chi connectivity index (χ2n) is 4.56. The molecule has 0 saturated heterocycles. The van der Waals surface area contributed by atoms with Crippen LogP contribution in [0.1, 0.15) is 6.42 Å². The molecule has 4 unspecified atom stereocenters. The second kappa shape index (κ2) is 1.05. The van der Waals surface area contributed by atoms with Crippen molar-refractivity contribution in [3.8, 4) is 0 Å². The molecule has 58 valence electrons. The van der Waals surface area contributed by atoms with Crippen molar-refractivity contribution in [3.63, 3.8) is 0 Å². The van der Waals surface area contributed by atoms with Gasteiger partial charge in [0, 0.05) is 0 Å². The highest BCUT2D eigenvalue weighted by Crippen LogP contribution is 2.98. The molecule has 2 bridgehead atoms. The maximum atomic E-state index is 11.4. The van der Waals surface area contributed by atoms with E-state index in [0.717, 1.165) is 29.6 Å². The second-order valence-corrected chi connectivity index (χ2v) is 4.56. The van der Waals surface area contributed by atoms with Crippen molar-refractivity contribution >= 4 is 5.97 Å². The van der Waals surface area contributed by atoms with E-state index in [1.54, 1.807) is 0 Å². The van der Waals surface area contributed by atoms with E-state index in [1.165, 1.54) is 13.5 Å². The summed E-state index contributed by atoms with van der Waals surface area (Å²) >= 11 is 0. The van der Waals surface area contributed by atoms with Crippen LogP contribution in [0.25, 0.3) is 0 Å². The van der Waals surface area contributed by atoms with Crippen LogP contribution in [0.15, 0.2) is 0 Å². The zero-order valence-corrected chi connectivity index (χ0v) is 6.41. The summed E-state index contributed by atoms with van der Waals surface area (Å²) in [5.41, 5.74) is 0.101. The maximum absolute atomic E-state index is 11.4. The summed E-state index contributed by atoms with van der Waals surface area (Å²) in [4.78, 5) is 11.4. The minimum absolute atomic E-state index is 0.101. The first-order chi connectivity index (χ1) is 5.33. The molecule has 2 nitrogen and oxygen atoms in total. The molecule has 2 heteroatoms. The van der Waals surface area contributed by atoms with Crippen LogP contribution in [0.3, 0.4) is 0 Å². The zero-order valence-electron chi connectivity index (χ0n) is 6.41. The summed E-state index contributed by atoms with van der Waals surface area (Å²) in [7, 11) is 1.53. The lowest BCUT2D eigenvalue weighted by atomic mass is 9.85. The molecule has 5 rings (SSSR count). The van der Waals surface area contributed by atoms with Crippen LogP contribution in [0.2, 0.25) is 0 Å². The van der Waals surface area contributed by atoms with Gasteiger partial charge < -0.3 is 4.74 Å². The smallest absolute Gasteiger partial charge is 0.312 e. The Morgan fingerprint density at radius 2 is 2.36 bits per heavy atom. The Morgan fingerprint density at radius 3 is 2.73 bits per heavy atom. The van der Waals surface area contributed by atoms with Gasteiger partial charge in [-0.05, 0) is 36.0 Å². The van der Waals surface area contributed by atoms with Crippen LogP contribution < -0.4 is 0 Å². The van der Waals surface area contributed by atoms with E-state index >= 15 is 0 Å². The Kier molecular flexibility index (Phi) is 0.493. The first kappa shape index (κ1) is 5.18. The number of methoxy groups -OCH3 is 1. The van der Waals surface area contributed by atoms with E-state index in [0.29, 0.717) is 0 Å². The van der Waals surface area contributed by atoms with Crippen molar-refractivity contribution in [2.24, 2.45) is 35.0 Å². The third-order valence-electron chi connectivity index (χ3n) is 4.75. The Morgan fingerprint density at radius 1 is 1.55 bits per heavy atom. The average Bonchev–Trinajstić information content (AvgIpc) is 2.64. The van der Waals surface area contributed by atoms with Gasteiger partial charge in [-0.2, -0.15) is 0 Å². The van der Waals surface area contributed by atoms with Crippen molar-refractivity contribution in [2.75, 3.05) is 7.11 Å². The first-order valence-electron chi connectivity index (χ1n) is 4.42. The van der Waals surface area contributed by atoms with E-state index in [9.17, 15) is 4.79 Å². The Labute approximate surface area is 64.9 Å². The lowest BCUT2D eigenvalue weighted by molar-refractivity contribution is -0.151. The molecular weight excluding hydrogens is 140 g/mol.